The summed E-state index contributed by atoms with van der Waals surface area (Å²) in [7, 11) is 0. The topological polar surface area (TPSA) is 65.7 Å². The van der Waals surface area contributed by atoms with Gasteiger partial charge in [-0.2, -0.15) is 20.1 Å². The van der Waals surface area contributed by atoms with Gasteiger partial charge in [0.1, 0.15) is 5.75 Å². The number of hydrogen-bond acceptors (Lipinski definition) is 5. The summed E-state index contributed by atoms with van der Waals surface area (Å²) in [6.07, 6.45) is 3.33. The third kappa shape index (κ3) is 3.05. The fraction of sp³-hybridized carbons (Fsp3) is 0. The number of nitrogens with zero attached hydrogens (tertiary/aromatic N) is 5. The Bertz CT molecular complexity index is 717. The highest BCUT2D eigenvalue weighted by Gasteiger charge is 2.09. The number of benzene rings is 1. The van der Waals surface area contributed by atoms with Crippen molar-refractivity contribution < 1.29 is 4.74 Å². The minimum absolute atomic E-state index is 0.0472. The van der Waals surface area contributed by atoms with E-state index < -0.39 is 0 Å². The van der Waals surface area contributed by atoms with Gasteiger partial charge in [0.05, 0.1) is 0 Å². The summed E-state index contributed by atoms with van der Waals surface area (Å²) in [4.78, 5) is 12.1. The maximum Gasteiger partial charge on any atom is 0.328 e. The van der Waals surface area contributed by atoms with Gasteiger partial charge in [0, 0.05) is 16.0 Å². The molecule has 3 rings (SSSR count). The van der Waals surface area contributed by atoms with Crippen LogP contribution < -0.4 is 4.74 Å². The fourth-order valence-electron chi connectivity index (χ4n) is 1.47. The normalized spacial score (nSPS) is 10.5. The van der Waals surface area contributed by atoms with Gasteiger partial charge in [-0.3, -0.25) is 0 Å². The number of ether oxygens (including phenoxy) is 1. The van der Waals surface area contributed by atoms with E-state index in [9.17, 15) is 0 Å². The summed E-state index contributed by atoms with van der Waals surface area (Å²) in [5.74, 6) is 0.926. The van der Waals surface area contributed by atoms with Gasteiger partial charge in [-0.25, -0.2) is 4.68 Å². The first-order valence-electron chi connectivity index (χ1n) is 5.56. The zero-order chi connectivity index (χ0) is 13.9. The largest absolute Gasteiger partial charge is 0.424 e. The summed E-state index contributed by atoms with van der Waals surface area (Å²) < 4.78 is 8.15. The first-order chi connectivity index (χ1) is 9.70. The molecular weight excluding hydrogens is 393 g/mol. The Morgan fingerprint density at radius 1 is 1.10 bits per heavy atom. The van der Waals surface area contributed by atoms with Gasteiger partial charge < -0.3 is 4.74 Å². The lowest BCUT2D eigenvalue weighted by Gasteiger charge is -2.05. The molecule has 100 valence electrons. The molecular formula is C12H7ClIN5O. The van der Waals surface area contributed by atoms with Crippen molar-refractivity contribution in [2.24, 2.45) is 0 Å². The van der Waals surface area contributed by atoms with Crippen LogP contribution in [0.3, 0.4) is 0 Å². The van der Waals surface area contributed by atoms with Crippen molar-refractivity contribution >= 4 is 34.2 Å². The van der Waals surface area contributed by atoms with Crippen molar-refractivity contribution in [1.29, 1.82) is 0 Å². The van der Waals surface area contributed by atoms with Crippen LogP contribution in [0.15, 0.2) is 42.7 Å². The molecule has 0 bridgehead atoms. The predicted octanol–water partition coefficient (Wildman–Crippen LogP) is 3.11. The molecule has 0 fully saturated rings. The van der Waals surface area contributed by atoms with E-state index in [-0.39, 0.29) is 11.3 Å². The quantitative estimate of drug-likeness (QED) is 0.633. The van der Waals surface area contributed by atoms with Crippen LogP contribution in [-0.4, -0.2) is 24.7 Å². The average molecular weight is 400 g/mol. The zero-order valence-electron chi connectivity index (χ0n) is 9.94. The lowest BCUT2D eigenvalue weighted by atomic mass is 10.3. The molecule has 20 heavy (non-hydrogen) atoms. The van der Waals surface area contributed by atoms with E-state index >= 15 is 0 Å². The van der Waals surface area contributed by atoms with E-state index in [0.717, 1.165) is 3.57 Å². The second-order valence-corrected chi connectivity index (χ2v) is 5.28. The smallest absolute Gasteiger partial charge is 0.328 e. The molecule has 1 aromatic carbocycles. The predicted molar refractivity (Wildman–Crippen MR) is 81.2 cm³/mol. The van der Waals surface area contributed by atoms with E-state index in [1.54, 1.807) is 18.5 Å². The minimum atomic E-state index is 0.0472. The Morgan fingerprint density at radius 3 is 2.60 bits per heavy atom. The van der Waals surface area contributed by atoms with Crippen LogP contribution in [0, 0.1) is 3.57 Å². The molecule has 0 spiro atoms. The third-order valence-electron chi connectivity index (χ3n) is 2.31. The summed E-state index contributed by atoms with van der Waals surface area (Å²) in [6.45, 7) is 0. The molecule has 0 saturated heterocycles. The fourth-order valence-corrected chi connectivity index (χ4v) is 1.97. The highest BCUT2D eigenvalue weighted by atomic mass is 127. The molecule has 0 aliphatic carbocycles. The van der Waals surface area contributed by atoms with Crippen LogP contribution >= 0.6 is 34.2 Å². The van der Waals surface area contributed by atoms with E-state index in [2.05, 4.69) is 42.6 Å². The summed E-state index contributed by atoms with van der Waals surface area (Å²) in [5, 5.41) is 4.08. The Balaban J connectivity index is 1.92. The minimum Gasteiger partial charge on any atom is -0.424 e. The van der Waals surface area contributed by atoms with Crippen molar-refractivity contribution in [3.63, 3.8) is 0 Å². The molecule has 0 aliphatic rings. The van der Waals surface area contributed by atoms with Crippen LogP contribution in [0.25, 0.3) is 5.95 Å². The van der Waals surface area contributed by atoms with Gasteiger partial charge in [-0.15, -0.1) is 0 Å². The zero-order valence-corrected chi connectivity index (χ0v) is 12.9. The third-order valence-corrected chi connectivity index (χ3v) is 3.20. The van der Waals surface area contributed by atoms with Crippen molar-refractivity contribution in [3.05, 3.63) is 51.6 Å². The Morgan fingerprint density at radius 2 is 1.90 bits per heavy atom. The molecule has 0 saturated carbocycles. The van der Waals surface area contributed by atoms with Crippen LogP contribution in [0.2, 0.25) is 5.28 Å². The average Bonchev–Trinajstić information content (AvgIpc) is 2.95. The molecule has 6 nitrogen and oxygen atoms in total. The van der Waals surface area contributed by atoms with E-state index in [4.69, 9.17) is 16.3 Å². The van der Waals surface area contributed by atoms with Gasteiger partial charge in [0.15, 0.2) is 0 Å². The molecule has 0 aliphatic heterocycles. The SMILES string of the molecule is Clc1nc(Oc2ccc(I)cc2)nc(-n2cccn2)n1. The maximum atomic E-state index is 5.87. The monoisotopic (exact) mass is 399 g/mol. The van der Waals surface area contributed by atoms with Crippen LogP contribution in [-0.2, 0) is 0 Å². The molecule has 0 atom stereocenters. The van der Waals surface area contributed by atoms with Gasteiger partial charge in [0.25, 0.3) is 5.95 Å². The molecule has 2 aromatic heterocycles. The first-order valence-corrected chi connectivity index (χ1v) is 7.01. The van der Waals surface area contributed by atoms with Crippen LogP contribution in [0.4, 0.5) is 0 Å². The van der Waals surface area contributed by atoms with Gasteiger partial charge in [0.2, 0.25) is 5.28 Å². The number of aromatic nitrogens is 5. The molecule has 8 heteroatoms. The van der Waals surface area contributed by atoms with Gasteiger partial charge >= 0.3 is 6.01 Å². The van der Waals surface area contributed by atoms with Crippen LogP contribution in [0.1, 0.15) is 0 Å². The van der Waals surface area contributed by atoms with E-state index in [1.807, 2.05) is 24.3 Å². The lowest BCUT2D eigenvalue weighted by molar-refractivity contribution is 0.437. The molecule has 0 radical (unpaired) electrons. The molecule has 2 heterocycles. The van der Waals surface area contributed by atoms with E-state index in [0.29, 0.717) is 11.7 Å². The molecule has 0 unspecified atom stereocenters. The van der Waals surface area contributed by atoms with E-state index in [1.165, 1.54) is 4.68 Å². The summed E-state index contributed by atoms with van der Waals surface area (Å²) in [6, 6.07) is 9.38. The van der Waals surface area contributed by atoms with Crippen molar-refractivity contribution in [2.45, 2.75) is 0 Å². The highest BCUT2D eigenvalue weighted by Crippen LogP contribution is 2.20. The lowest BCUT2D eigenvalue weighted by Crippen LogP contribution is -2.05. The van der Waals surface area contributed by atoms with Crippen molar-refractivity contribution in [2.75, 3.05) is 0 Å². The Hall–Kier alpha value is -1.74. The molecule has 0 N–H and O–H groups in total. The van der Waals surface area contributed by atoms with Crippen molar-refractivity contribution in [3.8, 4) is 17.7 Å². The molecule has 0 amide bonds. The maximum absolute atomic E-state index is 5.87. The summed E-state index contributed by atoms with van der Waals surface area (Å²) in [5.41, 5.74) is 0. The summed E-state index contributed by atoms with van der Waals surface area (Å²) >= 11 is 8.09. The standard InChI is InChI=1S/C12H7ClIN5O/c13-10-16-11(19-7-1-6-15-19)18-12(17-10)20-9-4-2-8(14)3-5-9/h1-7H. The molecule has 3 aromatic rings. The highest BCUT2D eigenvalue weighted by molar-refractivity contribution is 14.1. The van der Waals surface area contributed by atoms with Crippen molar-refractivity contribution in [1.82, 2.24) is 24.7 Å². The second kappa shape index (κ2) is 5.71. The van der Waals surface area contributed by atoms with Gasteiger partial charge in [-0.05, 0) is 64.5 Å². The second-order valence-electron chi connectivity index (χ2n) is 3.69. The first kappa shape index (κ1) is 13.3. The number of hydrogen-bond donors (Lipinski definition) is 0. The Labute approximate surface area is 132 Å². The Kier molecular flexibility index (Phi) is 3.79. The van der Waals surface area contributed by atoms with Gasteiger partial charge in [-0.1, -0.05) is 0 Å². The van der Waals surface area contributed by atoms with Crippen LogP contribution in [0.5, 0.6) is 11.8 Å². The number of halogens is 2. The number of rotatable bonds is 3.